The van der Waals surface area contributed by atoms with Crippen molar-refractivity contribution in [2.75, 3.05) is 25.4 Å². The molecule has 0 bridgehead atoms. The number of ether oxygens (including phenoxy) is 1. The molecule has 6 nitrogen and oxygen atoms in total. The molecule has 106 valence electrons. The zero-order chi connectivity index (χ0) is 14.5. The maximum Gasteiger partial charge on any atom is 0.407 e. The molecule has 0 radical (unpaired) electrons. The lowest BCUT2D eigenvalue weighted by molar-refractivity contribution is 0.111. The Bertz CT molecular complexity index is 531. The van der Waals surface area contributed by atoms with E-state index in [0.29, 0.717) is 42.6 Å². The average molecular weight is 275 g/mol. The summed E-state index contributed by atoms with van der Waals surface area (Å²) in [5.41, 5.74) is 6.48. The highest BCUT2D eigenvalue weighted by molar-refractivity contribution is 5.65. The number of nitriles is 1. The topological polar surface area (TPSA) is 99.6 Å². The van der Waals surface area contributed by atoms with Crippen LogP contribution in [0, 0.1) is 17.2 Å². The summed E-state index contributed by atoms with van der Waals surface area (Å²) in [4.78, 5) is 12.2. The number of piperidine rings is 1. The fourth-order valence-corrected chi connectivity index (χ4v) is 2.29. The van der Waals surface area contributed by atoms with Gasteiger partial charge in [-0.3, -0.25) is 0 Å². The molecule has 1 saturated heterocycles. The van der Waals surface area contributed by atoms with Crippen molar-refractivity contribution >= 4 is 11.8 Å². The molecule has 1 aromatic carbocycles. The summed E-state index contributed by atoms with van der Waals surface area (Å²) in [5.74, 6) is 0.798. The van der Waals surface area contributed by atoms with Gasteiger partial charge < -0.3 is 20.5 Å². The van der Waals surface area contributed by atoms with Crippen LogP contribution in [0.3, 0.4) is 0 Å². The van der Waals surface area contributed by atoms with Gasteiger partial charge in [0.15, 0.2) is 0 Å². The molecule has 1 aliphatic heterocycles. The molecule has 0 unspecified atom stereocenters. The third-order valence-corrected chi connectivity index (χ3v) is 3.53. The van der Waals surface area contributed by atoms with Crippen LogP contribution < -0.4 is 10.5 Å². The normalized spacial score (nSPS) is 15.7. The van der Waals surface area contributed by atoms with Crippen LogP contribution in [0.1, 0.15) is 18.4 Å². The Kier molecular flexibility index (Phi) is 4.31. The molecule has 0 atom stereocenters. The third kappa shape index (κ3) is 3.12. The van der Waals surface area contributed by atoms with E-state index >= 15 is 0 Å². The van der Waals surface area contributed by atoms with Gasteiger partial charge in [0.1, 0.15) is 17.4 Å². The summed E-state index contributed by atoms with van der Waals surface area (Å²) in [5, 5.41) is 17.9. The summed E-state index contributed by atoms with van der Waals surface area (Å²) in [6.07, 6.45) is 0.680. The van der Waals surface area contributed by atoms with E-state index in [2.05, 4.69) is 0 Å². The van der Waals surface area contributed by atoms with Crippen LogP contribution in [0.4, 0.5) is 10.5 Å². The van der Waals surface area contributed by atoms with Crippen molar-refractivity contribution in [3.05, 3.63) is 23.8 Å². The maximum atomic E-state index is 10.8. The minimum Gasteiger partial charge on any atom is -0.492 e. The Morgan fingerprint density at radius 3 is 2.80 bits per heavy atom. The number of carboxylic acid groups (broad SMARTS) is 1. The monoisotopic (exact) mass is 275 g/mol. The van der Waals surface area contributed by atoms with Crippen molar-refractivity contribution in [1.29, 1.82) is 5.26 Å². The predicted molar refractivity (Wildman–Crippen MR) is 73.4 cm³/mol. The Morgan fingerprint density at radius 1 is 1.50 bits per heavy atom. The van der Waals surface area contributed by atoms with Gasteiger partial charge in [0.05, 0.1) is 12.3 Å². The van der Waals surface area contributed by atoms with Gasteiger partial charge in [-0.05, 0) is 30.9 Å². The molecule has 0 saturated carbocycles. The van der Waals surface area contributed by atoms with Crippen LogP contribution in [0.2, 0.25) is 0 Å². The molecule has 0 aliphatic carbocycles. The molecule has 20 heavy (non-hydrogen) atoms. The largest absolute Gasteiger partial charge is 0.492 e. The first-order valence-corrected chi connectivity index (χ1v) is 6.51. The van der Waals surface area contributed by atoms with Crippen molar-refractivity contribution in [1.82, 2.24) is 4.90 Å². The van der Waals surface area contributed by atoms with E-state index in [0.717, 1.165) is 12.8 Å². The molecule has 3 N–H and O–H groups in total. The molecule has 6 heteroatoms. The number of anilines is 1. The molecule has 1 aliphatic rings. The molecule has 0 aromatic heterocycles. The van der Waals surface area contributed by atoms with E-state index < -0.39 is 6.09 Å². The number of likely N-dealkylation sites (tertiary alicyclic amines) is 1. The lowest BCUT2D eigenvalue weighted by Crippen LogP contribution is -2.38. The fraction of sp³-hybridized carbons (Fsp3) is 0.429. The molecule has 1 heterocycles. The van der Waals surface area contributed by atoms with Crippen molar-refractivity contribution in [2.24, 2.45) is 5.92 Å². The lowest BCUT2D eigenvalue weighted by atomic mass is 9.98. The molecular formula is C14H17N3O3. The number of carbonyl (C=O) groups is 1. The number of nitrogens with two attached hydrogens (primary N) is 1. The van der Waals surface area contributed by atoms with E-state index in [1.807, 2.05) is 6.07 Å². The number of rotatable bonds is 3. The van der Waals surface area contributed by atoms with Gasteiger partial charge in [-0.1, -0.05) is 6.07 Å². The number of hydrogen-bond donors (Lipinski definition) is 2. The Morgan fingerprint density at radius 2 is 2.20 bits per heavy atom. The van der Waals surface area contributed by atoms with E-state index in [1.54, 1.807) is 18.2 Å². The lowest BCUT2D eigenvalue weighted by Gasteiger charge is -2.29. The summed E-state index contributed by atoms with van der Waals surface area (Å²) < 4.78 is 5.68. The zero-order valence-electron chi connectivity index (χ0n) is 11.1. The summed E-state index contributed by atoms with van der Waals surface area (Å²) in [6.45, 7) is 1.54. The highest BCUT2D eigenvalue weighted by Gasteiger charge is 2.23. The fourth-order valence-electron chi connectivity index (χ4n) is 2.29. The second-order valence-electron chi connectivity index (χ2n) is 4.86. The van der Waals surface area contributed by atoms with E-state index in [9.17, 15) is 4.79 Å². The Balaban J connectivity index is 1.90. The van der Waals surface area contributed by atoms with Crippen molar-refractivity contribution in [3.63, 3.8) is 0 Å². The van der Waals surface area contributed by atoms with Crippen molar-refractivity contribution in [3.8, 4) is 11.8 Å². The SMILES string of the molecule is N#Cc1c(N)cccc1OCC1CCN(C(=O)O)CC1. The van der Waals surface area contributed by atoms with E-state index in [1.165, 1.54) is 4.90 Å². The molecule has 1 aromatic rings. The highest BCUT2D eigenvalue weighted by Crippen LogP contribution is 2.25. The minimum absolute atomic E-state index is 0.304. The van der Waals surface area contributed by atoms with E-state index in [4.69, 9.17) is 20.8 Å². The first-order valence-electron chi connectivity index (χ1n) is 6.51. The second-order valence-corrected chi connectivity index (χ2v) is 4.86. The third-order valence-electron chi connectivity index (χ3n) is 3.53. The quantitative estimate of drug-likeness (QED) is 0.821. The van der Waals surface area contributed by atoms with Crippen LogP contribution >= 0.6 is 0 Å². The molecule has 0 spiro atoms. The number of hydrogen-bond acceptors (Lipinski definition) is 4. The number of amides is 1. The van der Waals surface area contributed by atoms with Gasteiger partial charge in [0, 0.05) is 13.1 Å². The van der Waals surface area contributed by atoms with Gasteiger partial charge in [0.2, 0.25) is 0 Å². The average Bonchev–Trinajstić information content (AvgIpc) is 2.45. The summed E-state index contributed by atoms with van der Waals surface area (Å²) >= 11 is 0. The molecule has 2 rings (SSSR count). The highest BCUT2D eigenvalue weighted by atomic mass is 16.5. The number of benzene rings is 1. The van der Waals surface area contributed by atoms with Crippen molar-refractivity contribution < 1.29 is 14.6 Å². The first kappa shape index (κ1) is 14.0. The van der Waals surface area contributed by atoms with Crippen LogP contribution in [-0.4, -0.2) is 35.8 Å². The van der Waals surface area contributed by atoms with Gasteiger partial charge in [-0.15, -0.1) is 0 Å². The van der Waals surface area contributed by atoms with Gasteiger partial charge in [-0.25, -0.2) is 4.79 Å². The Labute approximate surface area is 117 Å². The molecule has 1 amide bonds. The Hall–Kier alpha value is -2.42. The standard InChI is InChI=1S/C14H17N3O3/c15-8-11-12(16)2-1-3-13(11)20-9-10-4-6-17(7-5-10)14(18)19/h1-3,10H,4-7,9,16H2,(H,18,19). The summed E-state index contributed by atoms with van der Waals surface area (Å²) in [6, 6.07) is 7.17. The van der Waals surface area contributed by atoms with Crippen LogP contribution in [0.15, 0.2) is 18.2 Å². The van der Waals surface area contributed by atoms with Gasteiger partial charge >= 0.3 is 6.09 Å². The second kappa shape index (κ2) is 6.15. The van der Waals surface area contributed by atoms with Gasteiger partial charge in [0.25, 0.3) is 0 Å². The van der Waals surface area contributed by atoms with Crippen LogP contribution in [0.25, 0.3) is 0 Å². The smallest absolute Gasteiger partial charge is 0.407 e. The van der Waals surface area contributed by atoms with Crippen LogP contribution in [0.5, 0.6) is 5.75 Å². The zero-order valence-corrected chi connectivity index (χ0v) is 11.1. The predicted octanol–water partition coefficient (Wildman–Crippen LogP) is 1.91. The molecule has 1 fully saturated rings. The van der Waals surface area contributed by atoms with E-state index in [-0.39, 0.29) is 0 Å². The minimum atomic E-state index is -0.869. The molecular weight excluding hydrogens is 258 g/mol. The summed E-state index contributed by atoms with van der Waals surface area (Å²) in [7, 11) is 0. The number of nitrogen functional groups attached to an aromatic ring is 1. The van der Waals surface area contributed by atoms with Crippen LogP contribution in [-0.2, 0) is 0 Å². The number of nitrogens with zero attached hydrogens (tertiary/aromatic N) is 2. The first-order chi connectivity index (χ1) is 9.61. The van der Waals surface area contributed by atoms with Gasteiger partial charge in [-0.2, -0.15) is 5.26 Å². The maximum absolute atomic E-state index is 10.8. The van der Waals surface area contributed by atoms with Crippen molar-refractivity contribution in [2.45, 2.75) is 12.8 Å².